The van der Waals surface area contributed by atoms with E-state index in [0.29, 0.717) is 12.5 Å². The second-order valence-corrected chi connectivity index (χ2v) is 4.01. The number of rotatable bonds is 6. The van der Waals surface area contributed by atoms with E-state index in [1.54, 1.807) is 11.9 Å². The highest BCUT2D eigenvalue weighted by atomic mass is 16.3. The molecule has 1 fully saturated rings. The van der Waals surface area contributed by atoms with E-state index in [2.05, 4.69) is 5.32 Å². The van der Waals surface area contributed by atoms with Gasteiger partial charge in [-0.05, 0) is 19.8 Å². The molecule has 0 aromatic rings. The van der Waals surface area contributed by atoms with E-state index >= 15 is 0 Å². The van der Waals surface area contributed by atoms with Gasteiger partial charge in [0.25, 0.3) is 0 Å². The summed E-state index contributed by atoms with van der Waals surface area (Å²) in [6, 6.07) is 0.576. The van der Waals surface area contributed by atoms with Gasteiger partial charge in [0, 0.05) is 26.1 Å². The summed E-state index contributed by atoms with van der Waals surface area (Å²) in [5.74, 6) is 0.0969. The standard InChI is InChI=1S/C10H20N2O2/c1-8(7-13)12(2)10(14)5-6-11-9-3-4-9/h8-9,11,13H,3-7H2,1-2H3. The topological polar surface area (TPSA) is 52.6 Å². The Labute approximate surface area is 85.3 Å². The zero-order valence-corrected chi connectivity index (χ0v) is 8.99. The Bertz CT molecular complexity index is 193. The van der Waals surface area contributed by atoms with E-state index in [1.165, 1.54) is 12.8 Å². The zero-order chi connectivity index (χ0) is 10.6. The highest BCUT2D eigenvalue weighted by Gasteiger charge is 2.21. The minimum atomic E-state index is -0.0802. The molecule has 2 N–H and O–H groups in total. The fourth-order valence-electron chi connectivity index (χ4n) is 1.22. The zero-order valence-electron chi connectivity index (χ0n) is 8.99. The van der Waals surface area contributed by atoms with Crippen molar-refractivity contribution in [2.75, 3.05) is 20.2 Å². The molecule has 1 rings (SSSR count). The molecule has 1 amide bonds. The minimum absolute atomic E-state index is 0.0261. The maximum absolute atomic E-state index is 11.5. The lowest BCUT2D eigenvalue weighted by Gasteiger charge is -2.23. The van der Waals surface area contributed by atoms with E-state index < -0.39 is 0 Å². The number of aliphatic hydroxyl groups excluding tert-OH is 1. The molecular weight excluding hydrogens is 180 g/mol. The molecule has 14 heavy (non-hydrogen) atoms. The number of aliphatic hydroxyl groups is 1. The number of nitrogens with zero attached hydrogens (tertiary/aromatic N) is 1. The van der Waals surface area contributed by atoms with Gasteiger partial charge in [0.1, 0.15) is 0 Å². The van der Waals surface area contributed by atoms with Crippen molar-refractivity contribution in [1.29, 1.82) is 0 Å². The third kappa shape index (κ3) is 3.64. The maximum atomic E-state index is 11.5. The van der Waals surface area contributed by atoms with E-state index in [1.807, 2.05) is 6.92 Å². The molecule has 1 aliphatic carbocycles. The number of amides is 1. The first-order valence-corrected chi connectivity index (χ1v) is 5.25. The third-order valence-electron chi connectivity index (χ3n) is 2.67. The summed E-state index contributed by atoms with van der Waals surface area (Å²) < 4.78 is 0. The molecule has 0 aromatic heterocycles. The van der Waals surface area contributed by atoms with Crippen molar-refractivity contribution >= 4 is 5.91 Å². The Balaban J connectivity index is 2.11. The van der Waals surface area contributed by atoms with Gasteiger partial charge in [-0.25, -0.2) is 0 Å². The average Bonchev–Trinajstić information content (AvgIpc) is 2.99. The van der Waals surface area contributed by atoms with Gasteiger partial charge in [-0.1, -0.05) is 0 Å². The van der Waals surface area contributed by atoms with Crippen molar-refractivity contribution in [1.82, 2.24) is 10.2 Å². The van der Waals surface area contributed by atoms with Crippen LogP contribution in [-0.2, 0) is 4.79 Å². The normalized spacial score (nSPS) is 17.9. The van der Waals surface area contributed by atoms with E-state index in [0.717, 1.165) is 6.54 Å². The molecule has 0 spiro atoms. The quantitative estimate of drug-likeness (QED) is 0.633. The van der Waals surface area contributed by atoms with Crippen LogP contribution in [0.15, 0.2) is 0 Å². The Hall–Kier alpha value is -0.610. The number of carbonyl (C=O) groups is 1. The summed E-state index contributed by atoms with van der Waals surface area (Å²) in [6.45, 7) is 2.62. The Morgan fingerprint density at radius 1 is 1.64 bits per heavy atom. The lowest BCUT2D eigenvalue weighted by molar-refractivity contribution is -0.132. The van der Waals surface area contributed by atoms with Crippen molar-refractivity contribution in [3.05, 3.63) is 0 Å². The van der Waals surface area contributed by atoms with Crippen LogP contribution in [-0.4, -0.2) is 48.2 Å². The number of nitrogens with one attached hydrogen (secondary N) is 1. The van der Waals surface area contributed by atoms with E-state index in [-0.39, 0.29) is 18.6 Å². The predicted molar refractivity (Wildman–Crippen MR) is 55.0 cm³/mol. The molecule has 0 heterocycles. The molecule has 0 aromatic carbocycles. The van der Waals surface area contributed by atoms with Gasteiger partial charge in [-0.2, -0.15) is 0 Å². The number of hydrogen-bond acceptors (Lipinski definition) is 3. The molecule has 1 saturated carbocycles. The third-order valence-corrected chi connectivity index (χ3v) is 2.67. The molecule has 1 unspecified atom stereocenters. The SMILES string of the molecule is CC(CO)N(C)C(=O)CCNC1CC1. The van der Waals surface area contributed by atoms with Crippen LogP contribution in [0.25, 0.3) is 0 Å². The van der Waals surface area contributed by atoms with Crippen molar-refractivity contribution in [3.8, 4) is 0 Å². The average molecular weight is 200 g/mol. The van der Waals surface area contributed by atoms with Crippen molar-refractivity contribution in [3.63, 3.8) is 0 Å². The van der Waals surface area contributed by atoms with Crippen LogP contribution in [0.1, 0.15) is 26.2 Å². The molecule has 4 heteroatoms. The van der Waals surface area contributed by atoms with Crippen LogP contribution >= 0.6 is 0 Å². The predicted octanol–water partition coefficient (Wildman–Crippen LogP) is -0.0323. The first-order valence-electron chi connectivity index (χ1n) is 5.25. The summed E-state index contributed by atoms with van der Waals surface area (Å²) in [6.07, 6.45) is 3.02. The fraction of sp³-hybridized carbons (Fsp3) is 0.900. The largest absolute Gasteiger partial charge is 0.394 e. The highest BCUT2D eigenvalue weighted by Crippen LogP contribution is 2.18. The summed E-state index contributed by atoms with van der Waals surface area (Å²) in [5, 5.41) is 12.2. The molecule has 0 aliphatic heterocycles. The van der Waals surface area contributed by atoms with Crippen LogP contribution in [0.3, 0.4) is 0 Å². The van der Waals surface area contributed by atoms with Gasteiger partial charge in [0.15, 0.2) is 0 Å². The summed E-state index contributed by atoms with van der Waals surface area (Å²) in [7, 11) is 1.74. The van der Waals surface area contributed by atoms with Gasteiger partial charge >= 0.3 is 0 Å². The monoisotopic (exact) mass is 200 g/mol. The molecule has 82 valence electrons. The maximum Gasteiger partial charge on any atom is 0.223 e. The first kappa shape index (κ1) is 11.5. The van der Waals surface area contributed by atoms with Crippen LogP contribution in [0, 0.1) is 0 Å². The summed E-state index contributed by atoms with van der Waals surface area (Å²) in [4.78, 5) is 13.1. The molecule has 4 nitrogen and oxygen atoms in total. The lowest BCUT2D eigenvalue weighted by Crippen LogP contribution is -2.38. The number of hydrogen-bond donors (Lipinski definition) is 2. The van der Waals surface area contributed by atoms with Crippen molar-refractivity contribution < 1.29 is 9.90 Å². The highest BCUT2D eigenvalue weighted by molar-refractivity contribution is 5.76. The van der Waals surface area contributed by atoms with Crippen molar-refractivity contribution in [2.45, 2.75) is 38.3 Å². The van der Waals surface area contributed by atoms with E-state index in [4.69, 9.17) is 5.11 Å². The molecule has 0 radical (unpaired) electrons. The number of likely N-dealkylation sites (N-methyl/N-ethyl adjacent to an activating group) is 1. The van der Waals surface area contributed by atoms with Gasteiger partial charge in [0.2, 0.25) is 5.91 Å². The van der Waals surface area contributed by atoms with Crippen LogP contribution in [0.4, 0.5) is 0 Å². The lowest BCUT2D eigenvalue weighted by atomic mass is 10.3. The summed E-state index contributed by atoms with van der Waals surface area (Å²) in [5.41, 5.74) is 0. The second kappa shape index (κ2) is 5.32. The summed E-state index contributed by atoms with van der Waals surface area (Å²) >= 11 is 0. The molecule has 1 atom stereocenters. The first-order chi connectivity index (χ1) is 6.65. The van der Waals surface area contributed by atoms with E-state index in [9.17, 15) is 4.79 Å². The van der Waals surface area contributed by atoms with Crippen LogP contribution in [0.5, 0.6) is 0 Å². The van der Waals surface area contributed by atoms with Crippen LogP contribution in [0.2, 0.25) is 0 Å². The van der Waals surface area contributed by atoms with Gasteiger partial charge in [-0.15, -0.1) is 0 Å². The Morgan fingerprint density at radius 2 is 2.29 bits per heavy atom. The van der Waals surface area contributed by atoms with Gasteiger partial charge < -0.3 is 15.3 Å². The number of carbonyl (C=O) groups excluding carboxylic acids is 1. The molecule has 1 aliphatic rings. The molecule has 0 bridgehead atoms. The Morgan fingerprint density at radius 3 is 2.79 bits per heavy atom. The Kier molecular flexibility index (Phi) is 4.35. The molecule has 0 saturated heterocycles. The smallest absolute Gasteiger partial charge is 0.223 e. The van der Waals surface area contributed by atoms with Gasteiger partial charge in [-0.3, -0.25) is 4.79 Å². The van der Waals surface area contributed by atoms with Gasteiger partial charge in [0.05, 0.1) is 12.6 Å². The molecular formula is C10H20N2O2. The van der Waals surface area contributed by atoms with Crippen molar-refractivity contribution in [2.24, 2.45) is 0 Å². The fourth-order valence-corrected chi connectivity index (χ4v) is 1.22. The van der Waals surface area contributed by atoms with Crippen LogP contribution < -0.4 is 5.32 Å². The second-order valence-electron chi connectivity index (χ2n) is 4.01. The minimum Gasteiger partial charge on any atom is -0.394 e.